The standard InChI is InChI=1S/C14H21ClN2O3/c1-10-4-3-5-14(7-10,9-15)16-13(18)12-6-11(8-19-2)20-17-12/h6,10H,3-5,7-9H2,1-2H3,(H,16,18). The van der Waals surface area contributed by atoms with E-state index < -0.39 is 0 Å². The number of amides is 1. The fourth-order valence-corrected chi connectivity index (χ4v) is 3.17. The predicted molar refractivity (Wildman–Crippen MR) is 75.8 cm³/mol. The maximum absolute atomic E-state index is 12.3. The Labute approximate surface area is 124 Å². The zero-order chi connectivity index (χ0) is 14.6. The highest BCUT2D eigenvalue weighted by Crippen LogP contribution is 2.33. The van der Waals surface area contributed by atoms with Gasteiger partial charge in [0, 0.05) is 19.1 Å². The summed E-state index contributed by atoms with van der Waals surface area (Å²) < 4.78 is 9.97. The van der Waals surface area contributed by atoms with Gasteiger partial charge in [-0.3, -0.25) is 4.79 Å². The molecule has 112 valence electrons. The van der Waals surface area contributed by atoms with E-state index >= 15 is 0 Å². The van der Waals surface area contributed by atoms with Crippen LogP contribution < -0.4 is 5.32 Å². The molecule has 1 amide bonds. The molecule has 2 atom stereocenters. The molecule has 0 saturated heterocycles. The molecule has 5 nitrogen and oxygen atoms in total. The molecule has 1 saturated carbocycles. The van der Waals surface area contributed by atoms with Crippen molar-refractivity contribution in [1.29, 1.82) is 0 Å². The van der Waals surface area contributed by atoms with Gasteiger partial charge in [0.25, 0.3) is 5.91 Å². The summed E-state index contributed by atoms with van der Waals surface area (Å²) in [5.41, 5.74) is -0.0452. The van der Waals surface area contributed by atoms with Crippen molar-refractivity contribution in [2.24, 2.45) is 5.92 Å². The SMILES string of the molecule is COCc1cc(C(=O)NC2(CCl)CCCC(C)C2)no1. The van der Waals surface area contributed by atoms with Gasteiger partial charge in [-0.2, -0.15) is 0 Å². The van der Waals surface area contributed by atoms with Crippen LogP contribution in [-0.4, -0.2) is 29.6 Å². The van der Waals surface area contributed by atoms with Gasteiger partial charge in [0.05, 0.1) is 5.54 Å². The Hall–Kier alpha value is -1.07. The molecule has 6 heteroatoms. The van der Waals surface area contributed by atoms with E-state index in [1.807, 2.05) is 0 Å². The smallest absolute Gasteiger partial charge is 0.273 e. The molecule has 0 aliphatic heterocycles. The number of halogens is 1. The Bertz CT molecular complexity index is 463. The first-order valence-electron chi connectivity index (χ1n) is 6.91. The van der Waals surface area contributed by atoms with Gasteiger partial charge in [0.1, 0.15) is 6.61 Å². The normalized spacial score (nSPS) is 26.4. The van der Waals surface area contributed by atoms with Crippen molar-refractivity contribution in [2.45, 2.75) is 44.8 Å². The van der Waals surface area contributed by atoms with Crippen molar-refractivity contribution in [1.82, 2.24) is 10.5 Å². The van der Waals surface area contributed by atoms with Crippen LogP contribution >= 0.6 is 11.6 Å². The second-order valence-electron chi connectivity index (χ2n) is 5.68. The fourth-order valence-electron chi connectivity index (χ4n) is 2.86. The third-order valence-corrected chi connectivity index (χ3v) is 4.32. The lowest BCUT2D eigenvalue weighted by atomic mass is 9.77. The summed E-state index contributed by atoms with van der Waals surface area (Å²) in [6.07, 6.45) is 4.10. The van der Waals surface area contributed by atoms with E-state index in [0.717, 1.165) is 19.3 Å². The largest absolute Gasteiger partial charge is 0.377 e. The summed E-state index contributed by atoms with van der Waals surface area (Å²) in [4.78, 5) is 12.3. The number of rotatable bonds is 5. The molecule has 0 radical (unpaired) electrons. The monoisotopic (exact) mass is 300 g/mol. The van der Waals surface area contributed by atoms with E-state index in [2.05, 4.69) is 17.4 Å². The minimum Gasteiger partial charge on any atom is -0.377 e. The number of nitrogens with one attached hydrogen (secondary N) is 1. The van der Waals surface area contributed by atoms with Gasteiger partial charge in [0.2, 0.25) is 0 Å². The third kappa shape index (κ3) is 3.52. The van der Waals surface area contributed by atoms with Crippen molar-refractivity contribution in [3.8, 4) is 0 Å². The molecule has 1 aliphatic rings. The molecule has 0 aromatic carbocycles. The summed E-state index contributed by atoms with van der Waals surface area (Å²) in [5, 5.41) is 6.82. The quantitative estimate of drug-likeness (QED) is 0.849. The van der Waals surface area contributed by atoms with E-state index in [0.29, 0.717) is 24.2 Å². The van der Waals surface area contributed by atoms with Crippen LogP contribution in [0.3, 0.4) is 0 Å². The topological polar surface area (TPSA) is 64.4 Å². The molecule has 1 aromatic rings. The number of hydrogen-bond donors (Lipinski definition) is 1. The maximum Gasteiger partial charge on any atom is 0.273 e. The number of aromatic nitrogens is 1. The second kappa shape index (κ2) is 6.59. The summed E-state index contributed by atoms with van der Waals surface area (Å²) >= 11 is 6.11. The Morgan fingerprint density at radius 3 is 3.15 bits per heavy atom. The number of nitrogens with zero attached hydrogens (tertiary/aromatic N) is 1. The highest BCUT2D eigenvalue weighted by atomic mass is 35.5. The molecular weight excluding hydrogens is 280 g/mol. The van der Waals surface area contributed by atoms with Crippen molar-refractivity contribution < 1.29 is 14.1 Å². The number of carbonyl (C=O) groups excluding carboxylic acids is 1. The molecule has 0 spiro atoms. The molecule has 1 N–H and O–H groups in total. The fraction of sp³-hybridized carbons (Fsp3) is 0.714. The van der Waals surface area contributed by atoms with Crippen LogP contribution in [0.1, 0.15) is 48.9 Å². The van der Waals surface area contributed by atoms with Crippen LogP contribution in [-0.2, 0) is 11.3 Å². The third-order valence-electron chi connectivity index (χ3n) is 3.80. The summed E-state index contributed by atoms with van der Waals surface area (Å²) in [7, 11) is 1.56. The van der Waals surface area contributed by atoms with Gasteiger partial charge >= 0.3 is 0 Å². The zero-order valence-electron chi connectivity index (χ0n) is 11.9. The van der Waals surface area contributed by atoms with Crippen molar-refractivity contribution in [3.05, 3.63) is 17.5 Å². The van der Waals surface area contributed by atoms with Crippen LogP contribution in [0.4, 0.5) is 0 Å². The van der Waals surface area contributed by atoms with E-state index in [1.54, 1.807) is 13.2 Å². The van der Waals surface area contributed by atoms with Gasteiger partial charge in [-0.25, -0.2) is 0 Å². The molecule has 2 rings (SSSR count). The lowest BCUT2D eigenvalue weighted by Gasteiger charge is -2.39. The highest BCUT2D eigenvalue weighted by Gasteiger charge is 2.36. The minimum atomic E-state index is -0.323. The van der Waals surface area contributed by atoms with Crippen molar-refractivity contribution in [2.75, 3.05) is 13.0 Å². The summed E-state index contributed by atoms with van der Waals surface area (Å²) in [5.74, 6) is 1.30. The van der Waals surface area contributed by atoms with Gasteiger partial charge in [-0.1, -0.05) is 24.9 Å². The summed E-state index contributed by atoms with van der Waals surface area (Å²) in [6, 6.07) is 1.60. The molecule has 1 aliphatic carbocycles. The molecule has 1 fully saturated rings. The first kappa shape index (κ1) is 15.3. The zero-order valence-corrected chi connectivity index (χ0v) is 12.7. The number of methoxy groups -OCH3 is 1. The average molecular weight is 301 g/mol. The molecule has 0 bridgehead atoms. The van der Waals surface area contributed by atoms with Gasteiger partial charge in [-0.15, -0.1) is 11.6 Å². The average Bonchev–Trinajstić information content (AvgIpc) is 2.88. The lowest BCUT2D eigenvalue weighted by molar-refractivity contribution is 0.0857. The maximum atomic E-state index is 12.3. The van der Waals surface area contributed by atoms with Crippen LogP contribution in [0.15, 0.2) is 10.6 Å². The lowest BCUT2D eigenvalue weighted by Crippen LogP contribution is -2.52. The number of ether oxygens (including phenoxy) is 1. The first-order chi connectivity index (χ1) is 9.58. The van der Waals surface area contributed by atoms with Crippen LogP contribution in [0, 0.1) is 5.92 Å². The first-order valence-corrected chi connectivity index (χ1v) is 7.45. The van der Waals surface area contributed by atoms with Gasteiger partial charge in [0.15, 0.2) is 11.5 Å². The number of alkyl halides is 1. The minimum absolute atomic E-state index is 0.231. The molecule has 1 heterocycles. The Kier molecular flexibility index (Phi) is 5.05. The van der Waals surface area contributed by atoms with E-state index in [4.69, 9.17) is 20.9 Å². The van der Waals surface area contributed by atoms with Crippen LogP contribution in [0.25, 0.3) is 0 Å². The van der Waals surface area contributed by atoms with E-state index in [-0.39, 0.29) is 17.1 Å². The number of carbonyl (C=O) groups is 1. The molecule has 20 heavy (non-hydrogen) atoms. The Morgan fingerprint density at radius 1 is 1.70 bits per heavy atom. The highest BCUT2D eigenvalue weighted by molar-refractivity contribution is 6.19. The Balaban J connectivity index is 2.04. The van der Waals surface area contributed by atoms with Gasteiger partial charge in [-0.05, 0) is 18.8 Å². The predicted octanol–water partition coefficient (Wildman–Crippen LogP) is 2.74. The Morgan fingerprint density at radius 2 is 2.50 bits per heavy atom. The molecule has 2 unspecified atom stereocenters. The van der Waals surface area contributed by atoms with Crippen LogP contribution in [0.2, 0.25) is 0 Å². The van der Waals surface area contributed by atoms with Gasteiger partial charge < -0.3 is 14.6 Å². The van der Waals surface area contributed by atoms with Crippen molar-refractivity contribution in [3.63, 3.8) is 0 Å². The van der Waals surface area contributed by atoms with Crippen LogP contribution in [0.5, 0.6) is 0 Å². The molecule has 1 aromatic heterocycles. The molecular formula is C14H21ClN2O3. The summed E-state index contributed by atoms with van der Waals surface area (Å²) in [6.45, 7) is 2.50. The van der Waals surface area contributed by atoms with E-state index in [9.17, 15) is 4.79 Å². The number of hydrogen-bond acceptors (Lipinski definition) is 4. The van der Waals surface area contributed by atoms with E-state index in [1.165, 1.54) is 6.42 Å². The second-order valence-corrected chi connectivity index (χ2v) is 5.95. The van der Waals surface area contributed by atoms with Crippen molar-refractivity contribution >= 4 is 17.5 Å².